The molecule has 0 unspecified atom stereocenters. The molecular weight excluding hydrogens is 357 g/mol. The Morgan fingerprint density at radius 2 is 2.31 bits per heavy atom. The number of nitrogens with zero attached hydrogens (tertiary/aromatic N) is 4. The zero-order valence-corrected chi connectivity index (χ0v) is 14.2. The van der Waals surface area contributed by atoms with E-state index in [0.29, 0.717) is 23.5 Å². The van der Waals surface area contributed by atoms with Crippen LogP contribution in [0.2, 0.25) is 0 Å². The fraction of sp³-hybridized carbons (Fsp3) is 0.176. The molecule has 0 radical (unpaired) electrons. The summed E-state index contributed by atoms with van der Waals surface area (Å²) in [6, 6.07) is 4.33. The summed E-state index contributed by atoms with van der Waals surface area (Å²) in [5, 5.41) is 0.609. The maximum Gasteiger partial charge on any atom is 0.310 e. The van der Waals surface area contributed by atoms with E-state index >= 15 is 0 Å². The van der Waals surface area contributed by atoms with E-state index in [4.69, 9.17) is 4.42 Å². The number of benzene rings is 1. The molecule has 0 saturated heterocycles. The summed E-state index contributed by atoms with van der Waals surface area (Å²) in [7, 11) is 0. The summed E-state index contributed by atoms with van der Waals surface area (Å²) >= 11 is 1.35. The van der Waals surface area contributed by atoms with Crippen LogP contribution >= 0.6 is 11.3 Å². The minimum Gasteiger partial charge on any atom is -0.441 e. The van der Waals surface area contributed by atoms with E-state index in [1.165, 1.54) is 29.9 Å². The Kier molecular flexibility index (Phi) is 3.35. The number of nitrogens with one attached hydrogen (secondary N) is 1. The maximum atomic E-state index is 14.1. The molecule has 7 nitrogen and oxygen atoms in total. The van der Waals surface area contributed by atoms with Crippen LogP contribution in [0, 0.1) is 5.82 Å². The van der Waals surface area contributed by atoms with Crippen molar-refractivity contribution < 1.29 is 13.6 Å². The molecule has 0 fully saturated rings. The van der Waals surface area contributed by atoms with Gasteiger partial charge in [-0.1, -0.05) is 6.07 Å². The van der Waals surface area contributed by atoms with Gasteiger partial charge >= 0.3 is 5.91 Å². The van der Waals surface area contributed by atoms with Crippen molar-refractivity contribution >= 4 is 27.5 Å². The molecule has 1 aliphatic rings. The standard InChI is InChI=1S/C17H12FN5O2S/c18-9-2-1-3-11-12(9)22-16(26-11)14-13-10(20-8-21-13)4-6-23(14)17(24)15-19-5-7-25-15/h1-3,5,7-8,14H,4,6H2,(H,20,21)/t14-/m0/s1. The van der Waals surface area contributed by atoms with E-state index in [-0.39, 0.29) is 17.6 Å². The summed E-state index contributed by atoms with van der Waals surface area (Å²) < 4.78 is 20.0. The second-order valence-electron chi connectivity index (χ2n) is 5.89. The van der Waals surface area contributed by atoms with Crippen LogP contribution in [-0.2, 0) is 6.42 Å². The molecule has 3 aromatic heterocycles. The van der Waals surface area contributed by atoms with Crippen molar-refractivity contribution in [2.75, 3.05) is 6.54 Å². The van der Waals surface area contributed by atoms with Gasteiger partial charge in [0.1, 0.15) is 28.6 Å². The zero-order valence-electron chi connectivity index (χ0n) is 13.3. The molecule has 0 saturated carbocycles. The predicted octanol–water partition coefficient (Wildman–Crippen LogP) is 2.93. The van der Waals surface area contributed by atoms with E-state index in [1.54, 1.807) is 17.3 Å². The normalized spacial score (nSPS) is 16.8. The molecule has 1 amide bonds. The quantitative estimate of drug-likeness (QED) is 0.587. The number of para-hydroxylation sites is 1. The van der Waals surface area contributed by atoms with Crippen molar-refractivity contribution in [3.63, 3.8) is 0 Å². The van der Waals surface area contributed by atoms with Gasteiger partial charge in [0, 0.05) is 18.7 Å². The Labute approximate surface area is 150 Å². The minimum absolute atomic E-state index is 0.0151. The van der Waals surface area contributed by atoms with Gasteiger partial charge in [-0.15, -0.1) is 11.3 Å². The van der Waals surface area contributed by atoms with Gasteiger partial charge in [0.05, 0.1) is 22.9 Å². The summed E-state index contributed by atoms with van der Waals surface area (Å²) in [5.74, 6) is -0.705. The lowest BCUT2D eigenvalue weighted by molar-refractivity contribution is 0.0649. The number of amides is 1. The highest BCUT2D eigenvalue weighted by atomic mass is 32.1. The second kappa shape index (κ2) is 5.73. The third-order valence-electron chi connectivity index (χ3n) is 4.42. The van der Waals surface area contributed by atoms with Gasteiger partial charge in [-0.2, -0.15) is 0 Å². The lowest BCUT2D eigenvalue weighted by atomic mass is 10.0. The number of oxazole rings is 1. The number of hydrogen-bond acceptors (Lipinski definition) is 6. The van der Waals surface area contributed by atoms with Crippen molar-refractivity contribution in [3.05, 3.63) is 65.1 Å². The van der Waals surface area contributed by atoms with Gasteiger partial charge in [-0.3, -0.25) is 4.79 Å². The Morgan fingerprint density at radius 1 is 1.38 bits per heavy atom. The molecule has 130 valence electrons. The van der Waals surface area contributed by atoms with Gasteiger partial charge in [-0.25, -0.2) is 19.3 Å². The Hall–Kier alpha value is -3.07. The number of imidazole rings is 1. The van der Waals surface area contributed by atoms with Crippen LogP contribution in [0.3, 0.4) is 0 Å². The third-order valence-corrected chi connectivity index (χ3v) is 5.49. The van der Waals surface area contributed by atoms with Crippen LogP contribution in [0.4, 0.5) is 4.39 Å². The zero-order chi connectivity index (χ0) is 17.7. The molecule has 1 aliphatic heterocycles. The first-order chi connectivity index (χ1) is 12.7. The smallest absolute Gasteiger partial charge is 0.310 e. The van der Waals surface area contributed by atoms with Gasteiger partial charge in [0.15, 0.2) is 0 Å². The Bertz CT molecular complexity index is 1100. The fourth-order valence-electron chi connectivity index (χ4n) is 3.25. The van der Waals surface area contributed by atoms with Crippen molar-refractivity contribution in [1.82, 2.24) is 24.8 Å². The summed E-state index contributed by atoms with van der Waals surface area (Å²) in [4.78, 5) is 30.5. The van der Waals surface area contributed by atoms with Crippen molar-refractivity contribution in [1.29, 1.82) is 0 Å². The summed E-state index contributed by atoms with van der Waals surface area (Å²) in [6.45, 7) is 0.458. The fourth-order valence-corrected chi connectivity index (χ4v) is 4.35. The highest BCUT2D eigenvalue weighted by Gasteiger charge is 2.38. The first-order valence-corrected chi connectivity index (χ1v) is 8.81. The molecule has 0 bridgehead atoms. The number of carbonyl (C=O) groups is 1. The molecular formula is C17H12FN5O2S. The Balaban J connectivity index is 1.66. The average Bonchev–Trinajstić information content (AvgIpc) is 3.39. The molecule has 1 aromatic carbocycles. The number of aromatic amines is 1. The highest BCUT2D eigenvalue weighted by Crippen LogP contribution is 2.38. The van der Waals surface area contributed by atoms with E-state index in [1.807, 2.05) is 6.07 Å². The van der Waals surface area contributed by atoms with E-state index in [2.05, 4.69) is 19.9 Å². The lowest BCUT2D eigenvalue weighted by Crippen LogP contribution is -2.40. The first-order valence-electron chi connectivity index (χ1n) is 8.00. The van der Waals surface area contributed by atoms with Gasteiger partial charge < -0.3 is 14.3 Å². The van der Waals surface area contributed by atoms with Gasteiger partial charge in [-0.05, 0) is 12.1 Å². The van der Waals surface area contributed by atoms with Crippen LogP contribution in [0.25, 0.3) is 10.2 Å². The lowest BCUT2D eigenvalue weighted by Gasteiger charge is -2.32. The second-order valence-corrected chi connectivity index (χ2v) is 6.96. The number of H-pyrrole nitrogens is 1. The maximum absolute atomic E-state index is 14.1. The van der Waals surface area contributed by atoms with Gasteiger partial charge in [0.2, 0.25) is 0 Å². The summed E-state index contributed by atoms with van der Waals surface area (Å²) in [6.07, 6.45) is 5.03. The predicted molar refractivity (Wildman–Crippen MR) is 91.3 cm³/mol. The molecule has 4 aromatic rings. The van der Waals surface area contributed by atoms with Crippen LogP contribution in [0.15, 0.2) is 41.4 Å². The van der Waals surface area contributed by atoms with E-state index in [9.17, 15) is 9.18 Å². The van der Waals surface area contributed by atoms with Crippen molar-refractivity contribution in [2.45, 2.75) is 12.5 Å². The number of halogens is 1. The van der Waals surface area contributed by atoms with Crippen LogP contribution < -0.4 is 0 Å². The molecule has 5 rings (SSSR count). The number of aromatic nitrogens is 4. The van der Waals surface area contributed by atoms with E-state index < -0.39 is 6.04 Å². The van der Waals surface area contributed by atoms with Crippen LogP contribution in [-0.4, -0.2) is 37.3 Å². The first kappa shape index (κ1) is 15.2. The average molecular weight is 369 g/mol. The molecule has 0 spiro atoms. The number of thiazole rings is 1. The van der Waals surface area contributed by atoms with Crippen LogP contribution in [0.5, 0.6) is 0 Å². The molecule has 1 atom stereocenters. The largest absolute Gasteiger partial charge is 0.441 e. The number of fused-ring (bicyclic) bond motifs is 2. The molecule has 1 N–H and O–H groups in total. The minimum atomic E-state index is -0.513. The number of rotatable bonds is 2. The SMILES string of the molecule is O=C(c1ncco1)N1CCc2[nH]cnc2[C@H]1c1nc2c(F)cccc2s1. The van der Waals surface area contributed by atoms with Crippen molar-refractivity contribution in [3.8, 4) is 0 Å². The van der Waals surface area contributed by atoms with Crippen LogP contribution in [0.1, 0.15) is 33.1 Å². The van der Waals surface area contributed by atoms with E-state index in [0.717, 1.165) is 16.1 Å². The molecule has 4 heterocycles. The Morgan fingerprint density at radius 3 is 3.12 bits per heavy atom. The van der Waals surface area contributed by atoms with Crippen molar-refractivity contribution in [2.24, 2.45) is 0 Å². The molecule has 0 aliphatic carbocycles. The number of hydrogen-bond donors (Lipinski definition) is 1. The topological polar surface area (TPSA) is 87.9 Å². The molecule has 9 heteroatoms. The number of carbonyl (C=O) groups excluding carboxylic acids is 1. The monoisotopic (exact) mass is 369 g/mol. The third kappa shape index (κ3) is 2.24. The molecule has 26 heavy (non-hydrogen) atoms. The highest BCUT2D eigenvalue weighted by molar-refractivity contribution is 7.18. The summed E-state index contributed by atoms with van der Waals surface area (Å²) in [5.41, 5.74) is 1.97. The van der Waals surface area contributed by atoms with Gasteiger partial charge in [0.25, 0.3) is 5.89 Å².